The Bertz CT molecular complexity index is 1430. The van der Waals surface area contributed by atoms with Gasteiger partial charge in [-0.1, -0.05) is 54.1 Å². The van der Waals surface area contributed by atoms with Gasteiger partial charge in [0.05, 0.1) is 16.8 Å². The maximum Gasteiger partial charge on any atom is 0.416 e. The molecule has 1 heterocycles. The van der Waals surface area contributed by atoms with Gasteiger partial charge in [-0.25, -0.2) is 9.78 Å². The smallest absolute Gasteiger partial charge is 0.416 e. The first-order valence-corrected chi connectivity index (χ1v) is 10.8. The lowest BCUT2D eigenvalue weighted by atomic mass is 9.88. The van der Waals surface area contributed by atoms with Crippen molar-refractivity contribution in [3.63, 3.8) is 0 Å². The number of rotatable bonds is 4. The molecule has 0 unspecified atom stereocenters. The van der Waals surface area contributed by atoms with E-state index in [1.165, 1.54) is 0 Å². The summed E-state index contributed by atoms with van der Waals surface area (Å²) in [4.78, 5) is 16.9. The van der Waals surface area contributed by atoms with Crippen molar-refractivity contribution >= 4 is 28.5 Å². The first kappa shape index (κ1) is 22.2. The zero-order valence-electron chi connectivity index (χ0n) is 17.5. The van der Waals surface area contributed by atoms with E-state index in [0.29, 0.717) is 23.4 Å². The van der Waals surface area contributed by atoms with Gasteiger partial charge in [0.15, 0.2) is 5.75 Å². The summed E-state index contributed by atoms with van der Waals surface area (Å²) in [5, 5.41) is 21.3. The SMILES string of the molecule is O=C(O)c1c(O)c(C2(c3ccc(Cl)cc3)CC2)nc2c(-c3ccccc3)cc(C(F)(F)F)cc12. The van der Waals surface area contributed by atoms with Crippen LogP contribution in [0.4, 0.5) is 13.2 Å². The van der Waals surface area contributed by atoms with Gasteiger partial charge in [0.25, 0.3) is 0 Å². The van der Waals surface area contributed by atoms with Crippen LogP contribution in [0.5, 0.6) is 5.75 Å². The summed E-state index contributed by atoms with van der Waals surface area (Å²) in [6, 6.07) is 17.0. The Balaban J connectivity index is 1.88. The summed E-state index contributed by atoms with van der Waals surface area (Å²) in [5.41, 5.74) is -0.747. The number of hydrogen-bond donors (Lipinski definition) is 2. The van der Waals surface area contributed by atoms with Gasteiger partial charge in [-0.2, -0.15) is 13.2 Å². The highest BCUT2D eigenvalue weighted by molar-refractivity contribution is 6.30. The predicted octanol–water partition coefficient (Wildman–Crippen LogP) is 7.06. The summed E-state index contributed by atoms with van der Waals surface area (Å²) < 4.78 is 41.2. The lowest BCUT2D eigenvalue weighted by Gasteiger charge is -2.21. The van der Waals surface area contributed by atoms with E-state index < -0.39 is 34.4 Å². The fourth-order valence-electron chi connectivity index (χ4n) is 4.46. The molecule has 8 heteroatoms. The van der Waals surface area contributed by atoms with Gasteiger partial charge < -0.3 is 10.2 Å². The molecular weight excluding hydrogens is 467 g/mol. The van der Waals surface area contributed by atoms with Crippen LogP contribution in [0.25, 0.3) is 22.0 Å². The number of aromatic nitrogens is 1. The van der Waals surface area contributed by atoms with E-state index in [4.69, 9.17) is 11.6 Å². The molecule has 172 valence electrons. The van der Waals surface area contributed by atoms with Gasteiger partial charge in [-0.05, 0) is 48.2 Å². The Labute approximate surface area is 197 Å². The molecule has 0 amide bonds. The largest absolute Gasteiger partial charge is 0.505 e. The fourth-order valence-corrected chi connectivity index (χ4v) is 4.59. The summed E-state index contributed by atoms with van der Waals surface area (Å²) in [7, 11) is 0. The lowest BCUT2D eigenvalue weighted by molar-refractivity contribution is -0.137. The minimum absolute atomic E-state index is 0.0876. The van der Waals surface area contributed by atoms with Crippen LogP contribution in [0.2, 0.25) is 5.02 Å². The Morgan fingerprint density at radius 3 is 2.21 bits per heavy atom. The molecule has 4 nitrogen and oxygen atoms in total. The summed E-state index contributed by atoms with van der Waals surface area (Å²) in [6.07, 6.45) is -3.52. The number of aromatic hydroxyl groups is 1. The van der Waals surface area contributed by atoms with E-state index in [0.717, 1.165) is 17.7 Å². The molecule has 0 radical (unpaired) electrons. The van der Waals surface area contributed by atoms with Gasteiger partial charge in [-0.15, -0.1) is 0 Å². The van der Waals surface area contributed by atoms with Crippen molar-refractivity contribution in [2.75, 3.05) is 0 Å². The van der Waals surface area contributed by atoms with E-state index in [1.807, 2.05) is 0 Å². The molecule has 1 saturated carbocycles. The fraction of sp³-hybridized carbons (Fsp3) is 0.154. The molecule has 3 aromatic carbocycles. The van der Waals surface area contributed by atoms with Gasteiger partial charge in [0.1, 0.15) is 5.56 Å². The molecule has 1 aromatic heterocycles. The van der Waals surface area contributed by atoms with Crippen LogP contribution in [0, 0.1) is 0 Å². The predicted molar refractivity (Wildman–Crippen MR) is 122 cm³/mol. The summed E-state index contributed by atoms with van der Waals surface area (Å²) in [6.45, 7) is 0. The molecule has 0 spiro atoms. The van der Waals surface area contributed by atoms with Crippen molar-refractivity contribution in [3.8, 4) is 16.9 Å². The number of nitrogens with zero attached hydrogens (tertiary/aromatic N) is 1. The Morgan fingerprint density at radius 2 is 1.65 bits per heavy atom. The quantitative estimate of drug-likeness (QED) is 0.326. The number of fused-ring (bicyclic) bond motifs is 1. The van der Waals surface area contributed by atoms with Gasteiger partial charge in [-0.3, -0.25) is 0 Å². The number of carboxylic acids is 1. The molecule has 5 rings (SSSR count). The van der Waals surface area contributed by atoms with Gasteiger partial charge >= 0.3 is 12.1 Å². The third-order valence-corrected chi connectivity index (χ3v) is 6.54. The molecule has 34 heavy (non-hydrogen) atoms. The molecule has 1 aliphatic rings. The van der Waals surface area contributed by atoms with E-state index >= 15 is 0 Å². The minimum atomic E-state index is -4.72. The van der Waals surface area contributed by atoms with Crippen LogP contribution in [-0.2, 0) is 11.6 Å². The Kier molecular flexibility index (Phi) is 5.06. The van der Waals surface area contributed by atoms with Crippen LogP contribution in [0.3, 0.4) is 0 Å². The number of halogens is 4. The summed E-state index contributed by atoms with van der Waals surface area (Å²) in [5.74, 6) is -2.15. The first-order chi connectivity index (χ1) is 16.1. The van der Waals surface area contributed by atoms with Crippen LogP contribution in [-0.4, -0.2) is 21.2 Å². The number of benzene rings is 3. The highest BCUT2D eigenvalue weighted by Gasteiger charge is 2.50. The third kappa shape index (κ3) is 3.56. The van der Waals surface area contributed by atoms with Crippen molar-refractivity contribution in [2.45, 2.75) is 24.4 Å². The standard InChI is InChI=1S/C26H17ClF3NO3/c27-17-8-6-15(7-9-17)25(10-11-25)23-22(32)20(24(33)34)19-13-16(26(28,29)30)12-18(21(19)31-23)14-4-2-1-3-5-14/h1-9,12-13,32H,10-11H2,(H,33,34). The van der Waals surface area contributed by atoms with Crippen molar-refractivity contribution in [3.05, 3.63) is 94.1 Å². The van der Waals surface area contributed by atoms with Gasteiger partial charge in [0.2, 0.25) is 0 Å². The minimum Gasteiger partial charge on any atom is -0.505 e. The summed E-state index contributed by atoms with van der Waals surface area (Å²) >= 11 is 6.01. The Morgan fingerprint density at radius 1 is 1.00 bits per heavy atom. The molecular formula is C26H17ClF3NO3. The number of aromatic carboxylic acids is 1. The monoisotopic (exact) mass is 483 g/mol. The zero-order chi connectivity index (χ0) is 24.3. The second-order valence-electron chi connectivity index (χ2n) is 8.36. The molecule has 4 aromatic rings. The first-order valence-electron chi connectivity index (χ1n) is 10.4. The second kappa shape index (κ2) is 7.74. The number of carboxylic acid groups (broad SMARTS) is 1. The lowest BCUT2D eigenvalue weighted by Crippen LogP contribution is -2.15. The van der Waals surface area contributed by atoms with Crippen molar-refractivity contribution in [1.29, 1.82) is 0 Å². The number of carbonyl (C=O) groups is 1. The average Bonchev–Trinajstić information content (AvgIpc) is 3.59. The molecule has 0 saturated heterocycles. The second-order valence-corrected chi connectivity index (χ2v) is 8.80. The topological polar surface area (TPSA) is 70.4 Å². The van der Waals surface area contributed by atoms with Crippen LogP contribution in [0.1, 0.15) is 40.0 Å². The Hall–Kier alpha value is -3.58. The molecule has 0 atom stereocenters. The third-order valence-electron chi connectivity index (χ3n) is 6.29. The van der Waals surface area contributed by atoms with Crippen molar-refractivity contribution in [1.82, 2.24) is 4.98 Å². The van der Waals surface area contributed by atoms with E-state index in [-0.39, 0.29) is 22.2 Å². The maximum atomic E-state index is 13.7. The number of alkyl halides is 3. The average molecular weight is 484 g/mol. The molecule has 1 aliphatic carbocycles. The molecule has 0 bridgehead atoms. The van der Waals surface area contributed by atoms with E-state index in [9.17, 15) is 28.2 Å². The van der Waals surface area contributed by atoms with Crippen LogP contribution in [0.15, 0.2) is 66.7 Å². The van der Waals surface area contributed by atoms with Crippen molar-refractivity contribution in [2.24, 2.45) is 0 Å². The zero-order valence-corrected chi connectivity index (χ0v) is 18.3. The molecule has 0 aliphatic heterocycles. The van der Waals surface area contributed by atoms with Gasteiger partial charge in [0, 0.05) is 21.4 Å². The van der Waals surface area contributed by atoms with Crippen LogP contribution >= 0.6 is 11.6 Å². The van der Waals surface area contributed by atoms with Crippen LogP contribution < -0.4 is 0 Å². The van der Waals surface area contributed by atoms with E-state index in [2.05, 4.69) is 4.98 Å². The highest BCUT2D eigenvalue weighted by atomic mass is 35.5. The highest BCUT2D eigenvalue weighted by Crippen LogP contribution is 2.56. The van der Waals surface area contributed by atoms with E-state index in [1.54, 1.807) is 54.6 Å². The molecule has 1 fully saturated rings. The maximum absolute atomic E-state index is 13.7. The number of pyridine rings is 1. The molecule has 2 N–H and O–H groups in total. The number of hydrogen-bond acceptors (Lipinski definition) is 3. The van der Waals surface area contributed by atoms with Crippen molar-refractivity contribution < 1.29 is 28.2 Å². The normalized spacial score (nSPS) is 14.8.